The molecule has 1 aliphatic rings. The van der Waals surface area contributed by atoms with Gasteiger partial charge in [0, 0.05) is 12.1 Å². The smallest absolute Gasteiger partial charge is 0.269 e. The number of rotatable bonds is 1. The van der Waals surface area contributed by atoms with Crippen molar-refractivity contribution in [3.8, 4) is 0 Å². The Morgan fingerprint density at radius 3 is 2.56 bits per heavy atom. The molecule has 0 unspecified atom stereocenters. The average molecular weight is 236 g/mol. The molecule has 1 fully saturated rings. The minimum atomic E-state index is -0.707. The third kappa shape index (κ3) is 2.14. The number of carbonyl (C=O) groups is 2. The van der Waals surface area contributed by atoms with E-state index in [0.717, 1.165) is 10.5 Å². The van der Waals surface area contributed by atoms with Gasteiger partial charge in [0.1, 0.15) is 0 Å². The molecule has 1 aromatic carbocycles. The zero-order valence-corrected chi connectivity index (χ0v) is 9.28. The minimum Gasteiger partial charge on any atom is -0.269 e. The van der Waals surface area contributed by atoms with E-state index in [-0.39, 0.29) is 5.91 Å². The van der Waals surface area contributed by atoms with Crippen molar-refractivity contribution >= 4 is 29.0 Å². The van der Waals surface area contributed by atoms with Gasteiger partial charge in [-0.2, -0.15) is 0 Å². The van der Waals surface area contributed by atoms with Crippen molar-refractivity contribution in [1.82, 2.24) is 4.90 Å². The summed E-state index contributed by atoms with van der Waals surface area (Å²) in [6, 6.07) is 9.52. The molecule has 0 radical (unpaired) electrons. The second-order valence-electron chi connectivity index (χ2n) is 3.54. The lowest BCUT2D eigenvalue weighted by atomic mass is 10.1. The fourth-order valence-electron chi connectivity index (χ4n) is 1.67. The molecular weight excluding hydrogens is 226 g/mol. The number of carbonyl (C=O) groups excluding carboxylic acids is 2. The van der Waals surface area contributed by atoms with Crippen molar-refractivity contribution in [3.05, 3.63) is 41.5 Å². The monoisotopic (exact) mass is 235 g/mol. The van der Waals surface area contributed by atoms with E-state index in [2.05, 4.69) is 0 Å². The summed E-state index contributed by atoms with van der Waals surface area (Å²) in [7, 11) is 0. The van der Waals surface area contributed by atoms with Crippen LogP contribution in [0.25, 0.3) is 6.08 Å². The average Bonchev–Trinajstić information content (AvgIpc) is 2.62. The number of hydrogen-bond acceptors (Lipinski definition) is 2. The van der Waals surface area contributed by atoms with Crippen LogP contribution in [0.15, 0.2) is 35.9 Å². The van der Waals surface area contributed by atoms with E-state index in [9.17, 15) is 9.59 Å². The van der Waals surface area contributed by atoms with Gasteiger partial charge in [-0.3, -0.25) is 14.5 Å². The van der Waals surface area contributed by atoms with Crippen LogP contribution >= 0.6 is 11.6 Å². The van der Waals surface area contributed by atoms with Crippen molar-refractivity contribution < 1.29 is 9.59 Å². The number of likely N-dealkylation sites (tertiary alicyclic amines) is 1. The number of imide groups is 1. The summed E-state index contributed by atoms with van der Waals surface area (Å²) >= 11 is 5.29. The van der Waals surface area contributed by atoms with E-state index < -0.39 is 5.37 Å². The van der Waals surface area contributed by atoms with Crippen LogP contribution in [0.4, 0.5) is 4.79 Å². The highest BCUT2D eigenvalue weighted by Crippen LogP contribution is 2.21. The van der Waals surface area contributed by atoms with E-state index in [4.69, 9.17) is 11.6 Å². The predicted molar refractivity (Wildman–Crippen MR) is 62.0 cm³/mol. The molecular formula is C12H10ClNO2. The number of nitrogens with zero attached hydrogens (tertiary/aromatic N) is 1. The molecule has 0 aliphatic carbocycles. The summed E-state index contributed by atoms with van der Waals surface area (Å²) in [4.78, 5) is 23.7. The second kappa shape index (κ2) is 4.49. The first-order valence-corrected chi connectivity index (χ1v) is 5.33. The molecule has 0 spiro atoms. The van der Waals surface area contributed by atoms with E-state index in [0.29, 0.717) is 18.5 Å². The highest BCUT2D eigenvalue weighted by Gasteiger charge is 2.29. The van der Waals surface area contributed by atoms with Crippen LogP contribution in [0.2, 0.25) is 0 Å². The lowest BCUT2D eigenvalue weighted by molar-refractivity contribution is -0.121. The van der Waals surface area contributed by atoms with Gasteiger partial charge >= 0.3 is 5.37 Å². The van der Waals surface area contributed by atoms with Gasteiger partial charge in [0.2, 0.25) is 0 Å². The molecule has 2 rings (SSSR count). The minimum absolute atomic E-state index is 0.288. The highest BCUT2D eigenvalue weighted by molar-refractivity contribution is 6.64. The largest absolute Gasteiger partial charge is 0.323 e. The maximum absolute atomic E-state index is 11.7. The van der Waals surface area contributed by atoms with Gasteiger partial charge in [0.25, 0.3) is 5.91 Å². The van der Waals surface area contributed by atoms with E-state index >= 15 is 0 Å². The number of benzene rings is 1. The summed E-state index contributed by atoms with van der Waals surface area (Å²) in [5.74, 6) is -0.288. The summed E-state index contributed by atoms with van der Waals surface area (Å²) in [5.41, 5.74) is 1.58. The van der Waals surface area contributed by atoms with Crippen LogP contribution in [-0.2, 0) is 4.79 Å². The molecule has 1 saturated heterocycles. The lowest BCUT2D eigenvalue weighted by Crippen LogP contribution is -2.27. The van der Waals surface area contributed by atoms with Crippen molar-refractivity contribution in [2.24, 2.45) is 0 Å². The summed E-state index contributed by atoms with van der Waals surface area (Å²) in [6.45, 7) is 0.375. The summed E-state index contributed by atoms with van der Waals surface area (Å²) < 4.78 is 0. The van der Waals surface area contributed by atoms with Crippen LogP contribution in [0.1, 0.15) is 12.0 Å². The maximum Gasteiger partial charge on any atom is 0.323 e. The molecule has 0 bridgehead atoms. The second-order valence-corrected chi connectivity index (χ2v) is 3.86. The van der Waals surface area contributed by atoms with Crippen molar-refractivity contribution in [3.63, 3.8) is 0 Å². The molecule has 82 valence electrons. The first kappa shape index (κ1) is 10.9. The normalized spacial score (nSPS) is 18.2. The molecule has 1 heterocycles. The van der Waals surface area contributed by atoms with Gasteiger partial charge in [0.15, 0.2) is 0 Å². The molecule has 0 saturated carbocycles. The predicted octanol–water partition coefficient (Wildman–Crippen LogP) is 2.66. The summed E-state index contributed by atoms with van der Waals surface area (Å²) in [6.07, 6.45) is 2.36. The third-order valence-electron chi connectivity index (χ3n) is 2.48. The van der Waals surface area contributed by atoms with Gasteiger partial charge in [-0.05, 0) is 29.7 Å². The Morgan fingerprint density at radius 2 is 2.00 bits per heavy atom. The maximum atomic E-state index is 11.7. The SMILES string of the molecule is O=C(Cl)N1CC/C(=C/c2ccccc2)C1=O. The Bertz CT molecular complexity index is 453. The standard InChI is InChI=1S/C12H10ClNO2/c13-12(16)14-7-6-10(11(14)15)8-9-4-2-1-3-5-9/h1-5,8H,6-7H2/b10-8-. The Morgan fingerprint density at radius 1 is 1.31 bits per heavy atom. The number of halogens is 1. The van der Waals surface area contributed by atoms with Crippen LogP contribution in [0, 0.1) is 0 Å². The van der Waals surface area contributed by atoms with Crippen molar-refractivity contribution in [1.29, 1.82) is 0 Å². The van der Waals surface area contributed by atoms with Crippen molar-refractivity contribution in [2.45, 2.75) is 6.42 Å². The molecule has 4 heteroatoms. The van der Waals surface area contributed by atoms with E-state index in [1.54, 1.807) is 6.08 Å². The molecule has 1 aromatic rings. The van der Waals surface area contributed by atoms with Gasteiger partial charge < -0.3 is 0 Å². The molecule has 0 N–H and O–H groups in total. The molecule has 3 nitrogen and oxygen atoms in total. The fraction of sp³-hybridized carbons (Fsp3) is 0.167. The van der Waals surface area contributed by atoms with Crippen molar-refractivity contribution in [2.75, 3.05) is 6.54 Å². The van der Waals surface area contributed by atoms with Gasteiger partial charge in [-0.15, -0.1) is 0 Å². The van der Waals surface area contributed by atoms with Crippen LogP contribution in [0.5, 0.6) is 0 Å². The quantitative estimate of drug-likeness (QED) is 0.426. The van der Waals surface area contributed by atoms with E-state index in [1.165, 1.54) is 0 Å². The van der Waals surface area contributed by atoms with Crippen LogP contribution < -0.4 is 0 Å². The van der Waals surface area contributed by atoms with Crippen LogP contribution in [0.3, 0.4) is 0 Å². The van der Waals surface area contributed by atoms with Gasteiger partial charge in [0.05, 0.1) is 0 Å². The lowest BCUT2D eigenvalue weighted by Gasteiger charge is -2.06. The topological polar surface area (TPSA) is 37.4 Å². The first-order chi connectivity index (χ1) is 7.68. The molecule has 16 heavy (non-hydrogen) atoms. The summed E-state index contributed by atoms with van der Waals surface area (Å²) in [5, 5.41) is -0.707. The van der Waals surface area contributed by atoms with Gasteiger partial charge in [-0.1, -0.05) is 30.3 Å². The number of hydrogen-bond donors (Lipinski definition) is 0. The molecule has 0 atom stereocenters. The first-order valence-electron chi connectivity index (χ1n) is 4.95. The van der Waals surface area contributed by atoms with E-state index in [1.807, 2.05) is 30.3 Å². The number of amides is 2. The Balaban J connectivity index is 2.22. The molecule has 2 amide bonds. The third-order valence-corrected chi connectivity index (χ3v) is 2.68. The Kier molecular flexibility index (Phi) is 3.06. The zero-order valence-electron chi connectivity index (χ0n) is 8.52. The zero-order chi connectivity index (χ0) is 11.5. The van der Waals surface area contributed by atoms with Gasteiger partial charge in [-0.25, -0.2) is 0 Å². The Labute approximate surface area is 98.3 Å². The Hall–Kier alpha value is -1.61. The molecule has 1 aliphatic heterocycles. The highest BCUT2D eigenvalue weighted by atomic mass is 35.5. The fourth-order valence-corrected chi connectivity index (χ4v) is 1.83. The molecule has 0 aromatic heterocycles. The van der Waals surface area contributed by atoms with Crippen LogP contribution in [-0.4, -0.2) is 22.7 Å².